The second-order valence-electron chi connectivity index (χ2n) is 6.76. The van der Waals surface area contributed by atoms with Crippen LogP contribution in [0.1, 0.15) is 23.4 Å². The predicted octanol–water partition coefficient (Wildman–Crippen LogP) is 0.224. The Morgan fingerprint density at radius 1 is 1.28 bits per heavy atom. The number of carbonyl (C=O) groups excluding carboxylic acids is 2. The minimum Gasteiger partial charge on any atom is -0.477 e. The van der Waals surface area contributed by atoms with E-state index in [2.05, 4.69) is 25.7 Å². The van der Waals surface area contributed by atoms with Crippen LogP contribution in [0.5, 0.6) is 0 Å². The molecule has 1 fully saturated rings. The Hall–Kier alpha value is -3.24. The molecule has 0 saturated carbocycles. The number of thioether (sulfide) groups is 1. The summed E-state index contributed by atoms with van der Waals surface area (Å²) in [7, 11) is 0. The Morgan fingerprint density at radius 2 is 2.03 bits per heavy atom. The van der Waals surface area contributed by atoms with Crippen LogP contribution < -0.4 is 16.8 Å². The van der Waals surface area contributed by atoms with Crippen molar-refractivity contribution in [1.82, 2.24) is 25.4 Å². The molecule has 32 heavy (non-hydrogen) atoms. The van der Waals surface area contributed by atoms with Crippen LogP contribution in [0.25, 0.3) is 0 Å². The number of β-lactam (4-membered cyclic amide) rings is 1. The van der Waals surface area contributed by atoms with Crippen LogP contribution in [0.3, 0.4) is 0 Å². The number of nitrogens with one attached hydrogen (secondary N) is 1. The van der Waals surface area contributed by atoms with Crippen molar-refractivity contribution in [1.29, 1.82) is 0 Å². The fourth-order valence-electron chi connectivity index (χ4n) is 3.54. The van der Waals surface area contributed by atoms with Gasteiger partial charge in [0.25, 0.3) is 11.8 Å². The Kier molecular flexibility index (Phi) is 5.74. The van der Waals surface area contributed by atoms with Gasteiger partial charge in [0, 0.05) is 9.78 Å². The van der Waals surface area contributed by atoms with E-state index < -0.39 is 29.9 Å². The third kappa shape index (κ3) is 3.76. The summed E-state index contributed by atoms with van der Waals surface area (Å²) < 4.78 is 0.467. The van der Waals surface area contributed by atoms with E-state index in [0.29, 0.717) is 27.0 Å². The molecule has 2 amide bonds. The molecule has 4 rings (SSSR count). The minimum atomic E-state index is -1.26. The van der Waals surface area contributed by atoms with Gasteiger partial charge in [-0.05, 0) is 19.8 Å². The molecule has 2 aliphatic heterocycles. The summed E-state index contributed by atoms with van der Waals surface area (Å²) >= 11 is 3.33. The smallest absolute Gasteiger partial charge is 0.353 e. The number of aliphatic carboxylic acids is 1. The van der Waals surface area contributed by atoms with Gasteiger partial charge in [-0.2, -0.15) is 0 Å². The number of fused-ring (bicyclic) bond motifs is 1. The highest BCUT2D eigenvalue weighted by Gasteiger charge is 2.54. The summed E-state index contributed by atoms with van der Waals surface area (Å²) in [6, 6.07) is -1.52. The summed E-state index contributed by atoms with van der Waals surface area (Å²) in [4.78, 5) is 43.6. The first kappa shape index (κ1) is 22.0. The maximum Gasteiger partial charge on any atom is 0.353 e. The maximum atomic E-state index is 12.8. The third-order valence-corrected chi connectivity index (χ3v) is 7.61. The molecule has 0 aliphatic carbocycles. The van der Waals surface area contributed by atoms with Gasteiger partial charge in [0.15, 0.2) is 15.2 Å². The number of oxime groups is 1. The van der Waals surface area contributed by atoms with Gasteiger partial charge in [0.2, 0.25) is 5.13 Å². The number of nitrogens with zero attached hydrogens (tertiary/aromatic N) is 5. The number of aryl methyl sites for hydroxylation is 1. The van der Waals surface area contributed by atoms with Crippen molar-refractivity contribution in [3.8, 4) is 0 Å². The van der Waals surface area contributed by atoms with E-state index in [1.165, 1.54) is 0 Å². The summed E-state index contributed by atoms with van der Waals surface area (Å²) in [5, 5.41) is 32.6. The second kappa shape index (κ2) is 8.36. The third-order valence-electron chi connectivity index (χ3n) is 4.87. The molecule has 2 aliphatic rings. The number of allylic oxidation sites excluding steroid dienone is 1. The SMILES string of the molecule is Cc1sc(N)nc1C(=NO)C(=O)N[C@H]1C(=O)N2C(C(=O)O)=C(Sc3nnc(N)s3)CCC12. The lowest BCUT2D eigenvalue weighted by Gasteiger charge is -2.49. The van der Waals surface area contributed by atoms with Crippen LogP contribution in [0.2, 0.25) is 0 Å². The zero-order chi connectivity index (χ0) is 23.2. The number of rotatable bonds is 6. The monoisotopic (exact) mass is 496 g/mol. The van der Waals surface area contributed by atoms with Crippen molar-refractivity contribution in [3.63, 3.8) is 0 Å². The van der Waals surface area contributed by atoms with Crippen LogP contribution in [0, 0.1) is 6.92 Å². The number of hydrogen-bond acceptors (Lipinski definition) is 13. The molecule has 168 valence electrons. The minimum absolute atomic E-state index is 0.112. The zero-order valence-electron chi connectivity index (χ0n) is 16.3. The normalized spacial score (nSPS) is 20.7. The topological polar surface area (TPSA) is 210 Å². The van der Waals surface area contributed by atoms with Gasteiger partial charge in [0.1, 0.15) is 17.4 Å². The van der Waals surface area contributed by atoms with E-state index in [1.54, 1.807) is 6.92 Å². The molecule has 13 nitrogen and oxygen atoms in total. The average Bonchev–Trinajstić information content (AvgIpc) is 3.30. The summed E-state index contributed by atoms with van der Waals surface area (Å²) in [5.74, 6) is -2.66. The van der Waals surface area contributed by atoms with Crippen LogP contribution in [0.4, 0.5) is 10.3 Å². The first-order valence-electron chi connectivity index (χ1n) is 9.03. The number of nitrogen functional groups attached to an aromatic ring is 2. The van der Waals surface area contributed by atoms with Gasteiger partial charge >= 0.3 is 5.97 Å². The molecule has 1 saturated heterocycles. The highest BCUT2D eigenvalue weighted by molar-refractivity contribution is 8.04. The highest BCUT2D eigenvalue weighted by Crippen LogP contribution is 2.43. The van der Waals surface area contributed by atoms with Gasteiger partial charge in [-0.25, -0.2) is 9.78 Å². The molecule has 2 atom stereocenters. The quantitative estimate of drug-likeness (QED) is 0.158. The molecule has 7 N–H and O–H groups in total. The maximum absolute atomic E-state index is 12.8. The number of carboxylic acid groups (broad SMARTS) is 1. The molecule has 0 spiro atoms. The number of amides is 2. The first-order chi connectivity index (χ1) is 15.2. The molecular formula is C16H16N8O5S3. The molecule has 1 unspecified atom stereocenters. The lowest BCUT2D eigenvalue weighted by atomic mass is 9.86. The second-order valence-corrected chi connectivity index (χ2v) is 10.3. The molecule has 16 heteroatoms. The number of carbonyl (C=O) groups is 3. The van der Waals surface area contributed by atoms with Crippen molar-refractivity contribution in [3.05, 3.63) is 21.2 Å². The predicted molar refractivity (Wildman–Crippen MR) is 116 cm³/mol. The summed E-state index contributed by atoms with van der Waals surface area (Å²) in [6.07, 6.45) is 0.771. The number of carboxylic acids is 1. The van der Waals surface area contributed by atoms with E-state index in [4.69, 9.17) is 11.5 Å². The van der Waals surface area contributed by atoms with Gasteiger partial charge in [0.05, 0.1) is 6.04 Å². The molecule has 0 radical (unpaired) electrons. The molecule has 2 aromatic heterocycles. The fourth-order valence-corrected chi connectivity index (χ4v) is 6.09. The summed E-state index contributed by atoms with van der Waals surface area (Å²) in [6.45, 7) is 1.66. The number of aromatic nitrogens is 3. The largest absolute Gasteiger partial charge is 0.477 e. The van der Waals surface area contributed by atoms with Crippen LogP contribution in [-0.4, -0.2) is 66.0 Å². The number of nitrogens with two attached hydrogens (primary N) is 2. The van der Waals surface area contributed by atoms with Gasteiger partial charge < -0.3 is 27.1 Å². The lowest BCUT2D eigenvalue weighted by molar-refractivity contribution is -0.155. The van der Waals surface area contributed by atoms with E-state index in [0.717, 1.165) is 39.3 Å². The molecule has 2 aromatic rings. The lowest BCUT2D eigenvalue weighted by Crippen LogP contribution is -2.72. The number of anilines is 2. The van der Waals surface area contributed by atoms with Gasteiger partial charge in [-0.15, -0.1) is 21.5 Å². The Balaban J connectivity index is 1.53. The van der Waals surface area contributed by atoms with Crippen molar-refractivity contribution in [2.24, 2.45) is 5.16 Å². The van der Waals surface area contributed by atoms with E-state index in [-0.39, 0.29) is 27.4 Å². The fraction of sp³-hybridized carbons (Fsp3) is 0.312. The van der Waals surface area contributed by atoms with Gasteiger partial charge in [-0.1, -0.05) is 28.3 Å². The summed E-state index contributed by atoms with van der Waals surface area (Å²) in [5.41, 5.74) is 10.8. The number of thiazole rings is 1. The zero-order valence-corrected chi connectivity index (χ0v) is 18.8. The van der Waals surface area contributed by atoms with Crippen molar-refractivity contribution in [2.45, 2.75) is 36.2 Å². The van der Waals surface area contributed by atoms with Crippen LogP contribution >= 0.6 is 34.4 Å². The van der Waals surface area contributed by atoms with Gasteiger partial charge in [-0.3, -0.25) is 14.5 Å². The molecule has 0 bridgehead atoms. The van der Waals surface area contributed by atoms with Crippen molar-refractivity contribution >= 4 is 68.2 Å². The van der Waals surface area contributed by atoms with Crippen LogP contribution in [0.15, 0.2) is 20.1 Å². The Bertz CT molecular complexity index is 1190. The van der Waals surface area contributed by atoms with E-state index >= 15 is 0 Å². The average molecular weight is 497 g/mol. The van der Waals surface area contributed by atoms with E-state index in [1.807, 2.05) is 0 Å². The molecular weight excluding hydrogens is 480 g/mol. The Morgan fingerprint density at radius 3 is 2.59 bits per heavy atom. The van der Waals surface area contributed by atoms with Crippen molar-refractivity contribution in [2.75, 3.05) is 11.5 Å². The van der Waals surface area contributed by atoms with Crippen LogP contribution in [-0.2, 0) is 14.4 Å². The number of hydrogen-bond donors (Lipinski definition) is 5. The highest BCUT2D eigenvalue weighted by atomic mass is 32.2. The molecule has 0 aromatic carbocycles. The first-order valence-corrected chi connectivity index (χ1v) is 11.5. The Labute approximate surface area is 192 Å². The van der Waals surface area contributed by atoms with Crippen molar-refractivity contribution < 1.29 is 24.7 Å². The standard InChI is InChI=1S/C16H16N8O5S3/c1-4-7(20-14(17)30-4)9(23-29)11(25)19-8-5-2-3-6(31-16-22-21-15(18)32-16)10(13(27)28)24(5)12(8)26/h5,8,29H,2-3H2,1H3,(H2,17,20)(H2,18,21)(H,19,25)(H,27,28)/t5?,8-/m1/s1. The molecule has 4 heterocycles. The van der Waals surface area contributed by atoms with E-state index in [9.17, 15) is 24.7 Å².